The summed E-state index contributed by atoms with van der Waals surface area (Å²) >= 11 is 6.56. The summed E-state index contributed by atoms with van der Waals surface area (Å²) in [5, 5.41) is 11.9. The maximum atomic E-state index is 15.0. The summed E-state index contributed by atoms with van der Waals surface area (Å²) in [6.45, 7) is 2.76. The first-order valence-corrected chi connectivity index (χ1v) is 16.5. The fourth-order valence-electron chi connectivity index (χ4n) is 5.94. The van der Waals surface area contributed by atoms with E-state index in [9.17, 15) is 37.2 Å². The highest BCUT2D eigenvalue weighted by Gasteiger charge is 2.49. The molecule has 1 aromatic heterocycles. The number of nitrogens with one attached hydrogen (secondary N) is 1. The number of hydrogen-bond donors (Lipinski definition) is 1. The molecule has 2 atom stereocenters. The molecule has 12 nitrogen and oxygen atoms in total. The Kier molecular flexibility index (Phi) is 11.0. The van der Waals surface area contributed by atoms with Gasteiger partial charge in [-0.3, -0.25) is 19.3 Å². The monoisotopic (exact) mass is 743 g/mol. The normalized spacial score (nSPS) is 17.8. The van der Waals surface area contributed by atoms with Crippen molar-refractivity contribution in [1.29, 1.82) is 5.26 Å². The zero-order chi connectivity index (χ0) is 38.0. The highest BCUT2D eigenvalue weighted by molar-refractivity contribution is 6.31. The summed E-state index contributed by atoms with van der Waals surface area (Å²) in [4.78, 5) is 67.4. The molecule has 0 unspecified atom stereocenters. The standard InChI is InChI=1S/C35H34ClF4N7O5/c1-34(2,3)52-33(51)45-17-27(46(29(48)19-45)18-28-42-9-8-23(15-41)43-28)32(50)47(16-20-10-21(37)12-22(38)11-20)30(25-6-4-5-7-26(25)36)31(49)44-24-13-35(39,40)14-24/h4-12,24,27,30H,13-14,16-19H2,1-3H3,(H,44,49)/t27-,30-/m0/s1. The van der Waals surface area contributed by atoms with E-state index < -0.39 is 104 Å². The van der Waals surface area contributed by atoms with Crippen molar-refractivity contribution in [2.75, 3.05) is 13.1 Å². The minimum atomic E-state index is -3.01. The second-order valence-corrected chi connectivity index (χ2v) is 13.9. The molecule has 1 aliphatic carbocycles. The Labute approximate surface area is 301 Å². The fourth-order valence-corrected chi connectivity index (χ4v) is 6.18. The van der Waals surface area contributed by atoms with Gasteiger partial charge in [-0.25, -0.2) is 32.3 Å². The van der Waals surface area contributed by atoms with Gasteiger partial charge in [0.1, 0.15) is 53.5 Å². The molecule has 4 amide bonds. The van der Waals surface area contributed by atoms with Gasteiger partial charge in [-0.05, 0) is 50.6 Å². The fraction of sp³-hybridized carbons (Fsp3) is 0.400. The van der Waals surface area contributed by atoms with E-state index >= 15 is 4.79 Å². The number of halogens is 5. The van der Waals surface area contributed by atoms with Crippen molar-refractivity contribution in [3.05, 3.63) is 94.0 Å². The first-order chi connectivity index (χ1) is 24.4. The van der Waals surface area contributed by atoms with Crippen LogP contribution >= 0.6 is 11.6 Å². The molecule has 3 aromatic rings. The number of nitrogens with zero attached hydrogens (tertiary/aromatic N) is 6. The lowest BCUT2D eigenvalue weighted by Crippen LogP contribution is -2.64. The lowest BCUT2D eigenvalue weighted by molar-refractivity contribution is -0.156. The van der Waals surface area contributed by atoms with E-state index in [1.807, 2.05) is 6.07 Å². The van der Waals surface area contributed by atoms with Crippen molar-refractivity contribution in [3.8, 4) is 6.07 Å². The third-order valence-corrected chi connectivity index (χ3v) is 8.58. The summed E-state index contributed by atoms with van der Waals surface area (Å²) in [5.74, 6) is -7.68. The molecule has 274 valence electrons. The molecule has 0 radical (unpaired) electrons. The van der Waals surface area contributed by atoms with Gasteiger partial charge in [0.05, 0.1) is 13.1 Å². The number of piperazine rings is 1. The smallest absolute Gasteiger partial charge is 0.410 e. The lowest BCUT2D eigenvalue weighted by atomic mass is 9.87. The predicted octanol–water partition coefficient (Wildman–Crippen LogP) is 4.91. The lowest BCUT2D eigenvalue weighted by Gasteiger charge is -2.43. The second kappa shape index (κ2) is 15.1. The van der Waals surface area contributed by atoms with E-state index in [0.717, 1.165) is 26.8 Å². The average Bonchev–Trinajstić information content (AvgIpc) is 3.03. The van der Waals surface area contributed by atoms with Crippen molar-refractivity contribution in [2.45, 2.75) is 76.4 Å². The van der Waals surface area contributed by atoms with Crippen LogP contribution in [0.25, 0.3) is 0 Å². The average molecular weight is 744 g/mol. The van der Waals surface area contributed by atoms with Gasteiger partial charge in [0.15, 0.2) is 0 Å². The van der Waals surface area contributed by atoms with Gasteiger partial charge >= 0.3 is 6.09 Å². The number of ether oxygens (including phenoxy) is 1. The summed E-state index contributed by atoms with van der Waals surface area (Å²) in [6.07, 6.45) is -0.958. The number of rotatable bonds is 9. The SMILES string of the molecule is CC(C)(C)OC(=O)N1CC(=O)N(Cc2nccc(C#N)n2)[C@H](C(=O)N(Cc2cc(F)cc(F)c2)[C@H](C(=O)NC2CC(F)(F)C2)c2ccccc2Cl)C1. The van der Waals surface area contributed by atoms with Gasteiger partial charge in [0, 0.05) is 48.3 Å². The molecule has 2 aliphatic rings. The molecule has 5 rings (SSSR count). The maximum Gasteiger partial charge on any atom is 0.410 e. The van der Waals surface area contributed by atoms with Crippen molar-refractivity contribution in [2.24, 2.45) is 0 Å². The largest absolute Gasteiger partial charge is 0.444 e. The Balaban J connectivity index is 1.63. The number of carbonyl (C=O) groups excluding carboxylic acids is 4. The Bertz CT molecular complexity index is 1890. The summed E-state index contributed by atoms with van der Waals surface area (Å²) < 4.78 is 62.1. The summed E-state index contributed by atoms with van der Waals surface area (Å²) in [5.41, 5.74) is -1.07. The zero-order valence-electron chi connectivity index (χ0n) is 28.3. The van der Waals surface area contributed by atoms with Gasteiger partial charge in [0.25, 0.3) is 5.92 Å². The molecule has 1 N–H and O–H groups in total. The van der Waals surface area contributed by atoms with Crippen LogP contribution in [0, 0.1) is 23.0 Å². The minimum Gasteiger partial charge on any atom is -0.444 e. The highest BCUT2D eigenvalue weighted by Crippen LogP contribution is 2.39. The molecule has 2 heterocycles. The Morgan fingerprint density at radius 1 is 1.13 bits per heavy atom. The van der Waals surface area contributed by atoms with Crippen LogP contribution in [0.2, 0.25) is 5.02 Å². The number of alkyl halides is 2. The van der Waals surface area contributed by atoms with E-state index in [1.54, 1.807) is 26.8 Å². The van der Waals surface area contributed by atoms with Crippen LogP contribution in [0.15, 0.2) is 54.7 Å². The van der Waals surface area contributed by atoms with Crippen LogP contribution < -0.4 is 5.32 Å². The number of carbonyl (C=O) groups is 4. The molecule has 1 saturated heterocycles. The highest BCUT2D eigenvalue weighted by atomic mass is 35.5. The van der Waals surface area contributed by atoms with Gasteiger partial charge < -0.3 is 19.9 Å². The third-order valence-electron chi connectivity index (χ3n) is 8.24. The molecule has 52 heavy (non-hydrogen) atoms. The molecule has 1 saturated carbocycles. The molecule has 0 bridgehead atoms. The van der Waals surface area contributed by atoms with Crippen LogP contribution in [-0.2, 0) is 32.2 Å². The topological polar surface area (TPSA) is 149 Å². The molecule has 17 heteroatoms. The van der Waals surface area contributed by atoms with Crippen molar-refractivity contribution in [3.63, 3.8) is 0 Å². The molecule has 2 fully saturated rings. The number of amides is 4. The summed E-state index contributed by atoms with van der Waals surface area (Å²) in [7, 11) is 0. The maximum absolute atomic E-state index is 15.0. The van der Waals surface area contributed by atoms with Crippen LogP contribution in [-0.4, -0.2) is 85.2 Å². The van der Waals surface area contributed by atoms with Crippen molar-refractivity contribution in [1.82, 2.24) is 30.0 Å². The van der Waals surface area contributed by atoms with E-state index in [4.69, 9.17) is 16.3 Å². The Morgan fingerprint density at radius 2 is 1.81 bits per heavy atom. The van der Waals surface area contributed by atoms with E-state index in [-0.39, 0.29) is 27.7 Å². The Morgan fingerprint density at radius 3 is 2.42 bits per heavy atom. The van der Waals surface area contributed by atoms with Gasteiger partial charge in [0.2, 0.25) is 17.7 Å². The minimum absolute atomic E-state index is 0.00140. The third kappa shape index (κ3) is 9.13. The number of nitriles is 1. The van der Waals surface area contributed by atoms with Crippen LogP contribution in [0.3, 0.4) is 0 Å². The van der Waals surface area contributed by atoms with Crippen LogP contribution in [0.1, 0.15) is 62.3 Å². The molecular weight excluding hydrogens is 710 g/mol. The van der Waals surface area contributed by atoms with E-state index in [1.165, 1.54) is 30.5 Å². The number of aromatic nitrogens is 2. The number of benzene rings is 2. The first-order valence-electron chi connectivity index (χ1n) is 16.1. The zero-order valence-corrected chi connectivity index (χ0v) is 29.0. The second-order valence-electron chi connectivity index (χ2n) is 13.5. The molecule has 2 aromatic carbocycles. The van der Waals surface area contributed by atoms with Crippen LogP contribution in [0.4, 0.5) is 22.4 Å². The van der Waals surface area contributed by atoms with Gasteiger partial charge in [-0.15, -0.1) is 0 Å². The summed E-state index contributed by atoms with van der Waals surface area (Å²) in [6, 6.07) is 7.37. The quantitative estimate of drug-likeness (QED) is 0.304. The Hall–Kier alpha value is -5.30. The van der Waals surface area contributed by atoms with Gasteiger partial charge in [-0.2, -0.15) is 5.26 Å². The van der Waals surface area contributed by atoms with Crippen LogP contribution in [0.5, 0.6) is 0 Å². The molecule has 0 spiro atoms. The van der Waals surface area contributed by atoms with E-state index in [2.05, 4.69) is 15.3 Å². The molecule has 1 aliphatic heterocycles. The number of hydrogen-bond acceptors (Lipinski definition) is 8. The van der Waals surface area contributed by atoms with Crippen molar-refractivity contribution >= 4 is 35.4 Å². The van der Waals surface area contributed by atoms with E-state index in [0.29, 0.717) is 6.07 Å². The predicted molar refractivity (Wildman–Crippen MR) is 176 cm³/mol. The van der Waals surface area contributed by atoms with Gasteiger partial charge in [-0.1, -0.05) is 29.8 Å². The molecular formula is C35H34ClF4N7O5. The first kappa shape index (κ1) is 37.9. The van der Waals surface area contributed by atoms with Crippen molar-refractivity contribution < 1.29 is 41.5 Å².